The number of carbonyl (C=O) groups excluding carboxylic acids is 1. The van der Waals surface area contributed by atoms with E-state index in [1.165, 1.54) is 7.11 Å². The number of methoxy groups -OCH3 is 1. The minimum atomic E-state index is -0.324. The van der Waals surface area contributed by atoms with Gasteiger partial charge in [0.05, 0.1) is 12.7 Å². The molecule has 1 aliphatic rings. The number of pyridine rings is 1. The van der Waals surface area contributed by atoms with Crippen molar-refractivity contribution in [3.63, 3.8) is 0 Å². The molecular formula is C15H23N3O2. The van der Waals surface area contributed by atoms with Crippen molar-refractivity contribution in [2.24, 2.45) is 5.73 Å². The maximum absolute atomic E-state index is 11.6. The number of hydrogen-bond donors (Lipinski definition) is 1. The first-order chi connectivity index (χ1) is 9.65. The van der Waals surface area contributed by atoms with Crippen molar-refractivity contribution in [2.75, 3.05) is 18.6 Å². The molecule has 110 valence electrons. The number of nitrogens with two attached hydrogens (primary N) is 1. The molecule has 2 N–H and O–H groups in total. The highest BCUT2D eigenvalue weighted by Crippen LogP contribution is 2.26. The standard InChI is InChI=1S/C15H23N3O2/c1-3-18(13-6-4-12(16)5-7-13)14-10-11(8-9-17-14)15(19)20-2/h8-10,12-13H,3-7,16H2,1-2H3. The van der Waals surface area contributed by atoms with Crippen molar-refractivity contribution in [1.82, 2.24) is 4.98 Å². The molecular weight excluding hydrogens is 254 g/mol. The van der Waals surface area contributed by atoms with E-state index in [1.807, 2.05) is 6.07 Å². The lowest BCUT2D eigenvalue weighted by Gasteiger charge is -2.36. The van der Waals surface area contributed by atoms with Crippen LogP contribution in [0.2, 0.25) is 0 Å². The molecule has 0 aliphatic heterocycles. The number of ether oxygens (including phenoxy) is 1. The van der Waals surface area contributed by atoms with Gasteiger partial charge in [-0.25, -0.2) is 9.78 Å². The van der Waals surface area contributed by atoms with Crippen LogP contribution in [0.5, 0.6) is 0 Å². The van der Waals surface area contributed by atoms with Crippen LogP contribution in [0.4, 0.5) is 5.82 Å². The molecule has 0 aromatic carbocycles. The predicted molar refractivity (Wildman–Crippen MR) is 78.8 cm³/mol. The van der Waals surface area contributed by atoms with Gasteiger partial charge in [-0.1, -0.05) is 0 Å². The molecule has 0 unspecified atom stereocenters. The molecule has 5 nitrogen and oxygen atoms in total. The maximum Gasteiger partial charge on any atom is 0.338 e. The van der Waals surface area contributed by atoms with Crippen molar-refractivity contribution in [3.8, 4) is 0 Å². The average Bonchev–Trinajstić information content (AvgIpc) is 2.49. The highest BCUT2D eigenvalue weighted by Gasteiger charge is 2.24. The van der Waals surface area contributed by atoms with Crippen LogP contribution >= 0.6 is 0 Å². The largest absolute Gasteiger partial charge is 0.465 e. The van der Waals surface area contributed by atoms with Gasteiger partial charge in [-0.2, -0.15) is 0 Å². The summed E-state index contributed by atoms with van der Waals surface area (Å²) in [5.74, 6) is 0.520. The minimum absolute atomic E-state index is 0.324. The summed E-state index contributed by atoms with van der Waals surface area (Å²) in [4.78, 5) is 18.3. The lowest BCUT2D eigenvalue weighted by Crippen LogP contribution is -2.41. The number of hydrogen-bond acceptors (Lipinski definition) is 5. The van der Waals surface area contributed by atoms with Crippen LogP contribution in [0.3, 0.4) is 0 Å². The van der Waals surface area contributed by atoms with Crippen LogP contribution in [0.15, 0.2) is 18.3 Å². The van der Waals surface area contributed by atoms with Gasteiger partial charge in [0.25, 0.3) is 0 Å². The normalized spacial score (nSPS) is 22.4. The van der Waals surface area contributed by atoms with Crippen molar-refractivity contribution in [2.45, 2.75) is 44.7 Å². The van der Waals surface area contributed by atoms with Crippen LogP contribution in [0, 0.1) is 0 Å². The Kier molecular flexibility index (Phi) is 4.95. The molecule has 20 heavy (non-hydrogen) atoms. The Labute approximate surface area is 120 Å². The minimum Gasteiger partial charge on any atom is -0.465 e. The monoisotopic (exact) mass is 277 g/mol. The lowest BCUT2D eigenvalue weighted by atomic mass is 9.90. The Morgan fingerprint density at radius 1 is 1.45 bits per heavy atom. The number of anilines is 1. The number of nitrogens with zero attached hydrogens (tertiary/aromatic N) is 2. The van der Waals surface area contributed by atoms with Crippen molar-refractivity contribution >= 4 is 11.8 Å². The smallest absolute Gasteiger partial charge is 0.338 e. The highest BCUT2D eigenvalue weighted by molar-refractivity contribution is 5.90. The number of carbonyl (C=O) groups is 1. The quantitative estimate of drug-likeness (QED) is 0.852. The van der Waals surface area contributed by atoms with E-state index >= 15 is 0 Å². The highest BCUT2D eigenvalue weighted by atomic mass is 16.5. The van der Waals surface area contributed by atoms with Crippen LogP contribution in [0.25, 0.3) is 0 Å². The van der Waals surface area contributed by atoms with Crippen LogP contribution in [-0.2, 0) is 4.74 Å². The topological polar surface area (TPSA) is 68.5 Å². The summed E-state index contributed by atoms with van der Waals surface area (Å²) in [6.07, 6.45) is 5.94. The van der Waals surface area contributed by atoms with Gasteiger partial charge in [0.15, 0.2) is 0 Å². The first-order valence-electron chi connectivity index (χ1n) is 7.22. The van der Waals surface area contributed by atoms with Crippen molar-refractivity contribution in [1.29, 1.82) is 0 Å². The lowest BCUT2D eigenvalue weighted by molar-refractivity contribution is 0.0600. The molecule has 5 heteroatoms. The van der Waals surface area contributed by atoms with E-state index in [9.17, 15) is 4.79 Å². The van der Waals surface area contributed by atoms with Gasteiger partial charge in [0, 0.05) is 24.8 Å². The van der Waals surface area contributed by atoms with E-state index in [2.05, 4.69) is 16.8 Å². The zero-order valence-electron chi connectivity index (χ0n) is 12.2. The second-order valence-electron chi connectivity index (χ2n) is 5.25. The number of aromatic nitrogens is 1. The average molecular weight is 277 g/mol. The summed E-state index contributed by atoms with van der Waals surface area (Å²) in [5, 5.41) is 0. The Balaban J connectivity index is 2.17. The maximum atomic E-state index is 11.6. The van der Waals surface area contributed by atoms with Gasteiger partial charge >= 0.3 is 5.97 Å². The number of rotatable bonds is 4. The Morgan fingerprint density at radius 3 is 2.75 bits per heavy atom. The summed E-state index contributed by atoms with van der Waals surface area (Å²) in [7, 11) is 1.39. The first-order valence-corrected chi connectivity index (χ1v) is 7.22. The van der Waals surface area contributed by atoms with Gasteiger partial charge in [0.2, 0.25) is 0 Å². The summed E-state index contributed by atoms with van der Waals surface area (Å²) < 4.78 is 4.76. The fraction of sp³-hybridized carbons (Fsp3) is 0.600. The molecule has 0 radical (unpaired) electrons. The summed E-state index contributed by atoms with van der Waals surface area (Å²) in [6, 6.07) is 4.28. The van der Waals surface area contributed by atoms with E-state index < -0.39 is 0 Å². The van der Waals surface area contributed by atoms with E-state index in [1.54, 1.807) is 12.3 Å². The summed E-state index contributed by atoms with van der Waals surface area (Å²) in [5.41, 5.74) is 6.51. The van der Waals surface area contributed by atoms with Crippen molar-refractivity contribution < 1.29 is 9.53 Å². The zero-order chi connectivity index (χ0) is 14.5. The molecule has 1 aromatic rings. The Hall–Kier alpha value is -1.62. The first kappa shape index (κ1) is 14.8. The molecule has 0 amide bonds. The molecule has 0 bridgehead atoms. The molecule has 0 atom stereocenters. The van der Waals surface area contributed by atoms with Crippen LogP contribution in [0.1, 0.15) is 43.0 Å². The van der Waals surface area contributed by atoms with Crippen molar-refractivity contribution in [3.05, 3.63) is 23.9 Å². The molecule has 2 rings (SSSR count). The SMILES string of the molecule is CCN(c1cc(C(=O)OC)ccn1)C1CCC(N)CC1. The zero-order valence-corrected chi connectivity index (χ0v) is 12.2. The Bertz CT molecular complexity index is 456. The molecule has 1 aromatic heterocycles. The van der Waals surface area contributed by atoms with E-state index in [-0.39, 0.29) is 5.97 Å². The summed E-state index contributed by atoms with van der Waals surface area (Å²) in [6.45, 7) is 2.98. The molecule has 0 spiro atoms. The third-order valence-corrected chi connectivity index (χ3v) is 3.98. The van der Waals surface area contributed by atoms with E-state index in [0.717, 1.165) is 38.0 Å². The van der Waals surface area contributed by atoms with Crippen LogP contribution < -0.4 is 10.6 Å². The van der Waals surface area contributed by atoms with Gasteiger partial charge in [-0.05, 0) is 44.7 Å². The van der Waals surface area contributed by atoms with Crippen LogP contribution in [-0.4, -0.2) is 36.7 Å². The molecule has 1 fully saturated rings. The number of esters is 1. The fourth-order valence-electron chi connectivity index (χ4n) is 2.84. The van der Waals surface area contributed by atoms with E-state index in [4.69, 9.17) is 10.5 Å². The molecule has 0 saturated heterocycles. The van der Waals surface area contributed by atoms with Gasteiger partial charge in [-0.15, -0.1) is 0 Å². The third kappa shape index (κ3) is 3.28. The third-order valence-electron chi connectivity index (χ3n) is 3.98. The van der Waals surface area contributed by atoms with Gasteiger partial charge in [0.1, 0.15) is 5.82 Å². The fourth-order valence-corrected chi connectivity index (χ4v) is 2.84. The predicted octanol–water partition coefficient (Wildman–Crippen LogP) is 1.96. The molecule has 1 heterocycles. The summed E-state index contributed by atoms with van der Waals surface area (Å²) >= 11 is 0. The van der Waals surface area contributed by atoms with Gasteiger partial charge in [-0.3, -0.25) is 0 Å². The molecule has 1 aliphatic carbocycles. The Morgan fingerprint density at radius 2 is 2.15 bits per heavy atom. The second-order valence-corrected chi connectivity index (χ2v) is 5.25. The van der Waals surface area contributed by atoms with E-state index in [0.29, 0.717) is 17.6 Å². The second kappa shape index (κ2) is 6.70. The van der Waals surface area contributed by atoms with Gasteiger partial charge < -0.3 is 15.4 Å². The molecule has 1 saturated carbocycles.